The number of halogens is 4. The third-order valence-corrected chi connectivity index (χ3v) is 9.68. The van der Waals surface area contributed by atoms with Crippen LogP contribution in [0, 0.1) is 5.41 Å². The van der Waals surface area contributed by atoms with E-state index in [2.05, 4.69) is 10.6 Å². The molecule has 0 bridgehead atoms. The Morgan fingerprint density at radius 3 is 2.54 bits per heavy atom. The van der Waals surface area contributed by atoms with E-state index in [4.69, 9.17) is 9.73 Å². The van der Waals surface area contributed by atoms with E-state index in [1.54, 1.807) is 0 Å². The molecule has 0 radical (unpaired) electrons. The van der Waals surface area contributed by atoms with Crippen molar-refractivity contribution in [3.8, 4) is 0 Å². The number of rotatable bonds is 6. The molecule has 3 fully saturated rings. The number of ether oxygens (including phenoxy) is 1. The molecule has 1 spiro atoms. The van der Waals surface area contributed by atoms with Crippen molar-refractivity contribution in [1.29, 1.82) is 0 Å². The number of nitrogens with one attached hydrogen (secondary N) is 2. The van der Waals surface area contributed by atoms with Crippen LogP contribution in [0.3, 0.4) is 0 Å². The first-order valence-corrected chi connectivity index (χ1v) is 15.0. The van der Waals surface area contributed by atoms with Gasteiger partial charge in [-0.2, -0.15) is 4.31 Å². The zero-order valence-electron chi connectivity index (χ0n) is 22.3. The lowest BCUT2D eigenvalue weighted by Gasteiger charge is -2.42. The van der Waals surface area contributed by atoms with E-state index in [1.807, 2.05) is 13.0 Å². The molecule has 2 atom stereocenters. The fraction of sp³-hybridized carbons (Fsp3) is 0.654. The summed E-state index contributed by atoms with van der Waals surface area (Å²) in [5, 5.41) is 6.26. The second kappa shape index (κ2) is 10.3. The number of nitrogens with zero attached hydrogens (tertiary/aromatic N) is 3. The predicted octanol–water partition coefficient (Wildman–Crippen LogP) is 3.73. The molecule has 0 aliphatic carbocycles. The number of hydrogen-bond acceptors (Lipinski definition) is 6. The summed E-state index contributed by atoms with van der Waals surface area (Å²) < 4.78 is 89.2. The lowest BCUT2D eigenvalue weighted by Crippen LogP contribution is -2.62. The summed E-state index contributed by atoms with van der Waals surface area (Å²) in [6.07, 6.45) is 1.29. The number of hydrogen-bond donors (Lipinski definition) is 2. The molecule has 2 N–H and O–H groups in total. The zero-order valence-corrected chi connectivity index (χ0v) is 23.1. The molecule has 13 heteroatoms. The number of amidine groups is 1. The van der Waals surface area contributed by atoms with Crippen molar-refractivity contribution in [3.63, 3.8) is 0 Å². The van der Waals surface area contributed by atoms with Gasteiger partial charge in [-0.3, -0.25) is 4.99 Å². The smallest absolute Gasteiger partial charge is 0.274 e. The molecule has 4 heterocycles. The Morgan fingerprint density at radius 2 is 1.97 bits per heavy atom. The van der Waals surface area contributed by atoms with Crippen LogP contribution < -0.4 is 15.5 Å². The Labute approximate surface area is 226 Å². The molecule has 0 saturated carbocycles. The Balaban J connectivity index is 1.53. The first-order chi connectivity index (χ1) is 18.4. The molecule has 1 aromatic rings. The molecule has 0 aromatic heterocycles. The first kappa shape index (κ1) is 28.3. The molecular weight excluding hydrogens is 538 g/mol. The summed E-state index contributed by atoms with van der Waals surface area (Å²) >= 11 is 0. The molecule has 0 unspecified atom stereocenters. The minimum Gasteiger partial charge on any atom is -0.378 e. The number of piperidine rings is 1. The Hall–Kier alpha value is -2.22. The number of alkyl halides is 4. The fourth-order valence-corrected chi connectivity index (χ4v) is 6.80. The van der Waals surface area contributed by atoms with Gasteiger partial charge in [-0.25, -0.2) is 26.0 Å². The largest absolute Gasteiger partial charge is 0.378 e. The minimum atomic E-state index is -3.38. The molecule has 4 aliphatic rings. The highest BCUT2D eigenvalue weighted by Gasteiger charge is 2.63. The van der Waals surface area contributed by atoms with E-state index in [9.17, 15) is 17.2 Å². The van der Waals surface area contributed by atoms with E-state index >= 15 is 8.78 Å². The van der Waals surface area contributed by atoms with Crippen LogP contribution in [-0.2, 0) is 14.8 Å². The van der Waals surface area contributed by atoms with Crippen molar-refractivity contribution in [2.45, 2.75) is 50.7 Å². The van der Waals surface area contributed by atoms with Crippen molar-refractivity contribution in [2.24, 2.45) is 10.4 Å². The SMILES string of the molecule is CCC1=Cc2cc(C(F)F)cc(N3CC(F)(F)C4(CNC4)C3)c2NC(=N[C@@H]2CCN(S(C)(=O)=O)C[C@H]2OC)C1. The van der Waals surface area contributed by atoms with Crippen molar-refractivity contribution >= 4 is 33.3 Å². The van der Waals surface area contributed by atoms with Crippen molar-refractivity contribution < 1.29 is 30.7 Å². The topological polar surface area (TPSA) is 86.3 Å². The highest BCUT2D eigenvalue weighted by molar-refractivity contribution is 7.88. The van der Waals surface area contributed by atoms with Crippen molar-refractivity contribution in [3.05, 3.63) is 28.8 Å². The molecule has 8 nitrogen and oxygen atoms in total. The Kier molecular flexibility index (Phi) is 7.49. The second-order valence-corrected chi connectivity index (χ2v) is 13.0. The maximum Gasteiger partial charge on any atom is 0.274 e. The van der Waals surface area contributed by atoms with Gasteiger partial charge < -0.3 is 20.3 Å². The molecule has 4 aliphatic heterocycles. The standard InChI is InChI=1S/C26H35F4N5O3S/c1-4-16-7-17-9-18(24(27)28)10-20(34-14-25(12-31-13-25)26(29,30)15-34)23(17)33-22(8-16)32-19-5-6-35(39(3,36)37)11-21(19)38-2/h7,9-10,19,21,24,31H,4-6,8,11-15H2,1-3H3,(H,32,33)/t19-,21-/m1/s1. The van der Waals surface area contributed by atoms with Crippen LogP contribution in [0.2, 0.25) is 0 Å². The highest BCUT2D eigenvalue weighted by Crippen LogP contribution is 2.50. The van der Waals surface area contributed by atoms with Gasteiger partial charge in [-0.15, -0.1) is 0 Å². The molecule has 39 heavy (non-hydrogen) atoms. The maximum atomic E-state index is 15.1. The summed E-state index contributed by atoms with van der Waals surface area (Å²) in [4.78, 5) is 6.44. The fourth-order valence-electron chi connectivity index (χ4n) is 5.94. The van der Waals surface area contributed by atoms with Crippen molar-refractivity contribution in [2.75, 3.05) is 62.9 Å². The van der Waals surface area contributed by atoms with E-state index in [-0.39, 0.29) is 37.8 Å². The highest BCUT2D eigenvalue weighted by atomic mass is 32.2. The third kappa shape index (κ3) is 5.30. The van der Waals surface area contributed by atoms with Crippen LogP contribution in [0.15, 0.2) is 22.7 Å². The summed E-state index contributed by atoms with van der Waals surface area (Å²) in [5.74, 6) is -2.39. The minimum absolute atomic E-state index is 0.0559. The van der Waals surface area contributed by atoms with Crippen LogP contribution in [0.1, 0.15) is 43.7 Å². The van der Waals surface area contributed by atoms with Crippen LogP contribution in [0.4, 0.5) is 28.9 Å². The summed E-state index contributed by atoms with van der Waals surface area (Å²) in [5.41, 5.74) is 0.807. The van der Waals surface area contributed by atoms with Gasteiger partial charge in [0.15, 0.2) is 0 Å². The lowest BCUT2D eigenvalue weighted by atomic mass is 9.78. The van der Waals surface area contributed by atoms with Crippen LogP contribution in [0.25, 0.3) is 6.08 Å². The number of anilines is 2. The van der Waals surface area contributed by atoms with Gasteiger partial charge in [0.1, 0.15) is 5.84 Å². The number of aliphatic imine (C=N–C) groups is 1. The van der Waals surface area contributed by atoms with Crippen LogP contribution >= 0.6 is 0 Å². The number of benzene rings is 1. The molecule has 216 valence electrons. The zero-order chi connectivity index (χ0) is 28.2. The first-order valence-electron chi connectivity index (χ1n) is 13.2. The van der Waals surface area contributed by atoms with Crippen LogP contribution in [0.5, 0.6) is 0 Å². The monoisotopic (exact) mass is 573 g/mol. The quantitative estimate of drug-likeness (QED) is 0.505. The summed E-state index contributed by atoms with van der Waals surface area (Å²) in [7, 11) is -1.87. The summed E-state index contributed by atoms with van der Waals surface area (Å²) in [6.45, 7) is 2.29. The van der Waals surface area contributed by atoms with Gasteiger partial charge in [-0.05, 0) is 25.0 Å². The van der Waals surface area contributed by atoms with Gasteiger partial charge in [0.25, 0.3) is 12.3 Å². The van der Waals surface area contributed by atoms with Gasteiger partial charge in [0.2, 0.25) is 10.0 Å². The average molecular weight is 574 g/mol. The number of sulfonamides is 1. The van der Waals surface area contributed by atoms with E-state index in [0.29, 0.717) is 48.6 Å². The molecule has 5 rings (SSSR count). The Morgan fingerprint density at radius 1 is 1.23 bits per heavy atom. The van der Waals surface area contributed by atoms with Crippen molar-refractivity contribution in [1.82, 2.24) is 9.62 Å². The third-order valence-electron chi connectivity index (χ3n) is 8.41. The van der Waals surface area contributed by atoms with Crippen LogP contribution in [-0.4, -0.2) is 89.3 Å². The number of methoxy groups -OCH3 is 1. The second-order valence-electron chi connectivity index (χ2n) is 11.0. The van der Waals surface area contributed by atoms with Gasteiger partial charge in [0, 0.05) is 57.4 Å². The van der Waals surface area contributed by atoms with Gasteiger partial charge in [-0.1, -0.05) is 18.6 Å². The molecular formula is C26H35F4N5O3S. The van der Waals surface area contributed by atoms with Gasteiger partial charge >= 0.3 is 0 Å². The molecule has 1 aromatic carbocycles. The number of fused-ring (bicyclic) bond motifs is 1. The normalized spacial score (nSPS) is 27.7. The average Bonchev–Trinajstić information content (AvgIpc) is 3.02. The van der Waals surface area contributed by atoms with E-state index in [1.165, 1.54) is 28.4 Å². The lowest BCUT2D eigenvalue weighted by molar-refractivity contribution is -0.107. The molecule has 3 saturated heterocycles. The maximum absolute atomic E-state index is 15.1. The van der Waals surface area contributed by atoms with Gasteiger partial charge in [0.05, 0.1) is 41.7 Å². The molecule has 0 amide bonds. The Bertz CT molecular complexity index is 1280. The van der Waals surface area contributed by atoms with E-state index in [0.717, 1.165) is 11.8 Å². The van der Waals surface area contributed by atoms with E-state index < -0.39 is 40.4 Å². The summed E-state index contributed by atoms with van der Waals surface area (Å²) in [6, 6.07) is 2.38. The predicted molar refractivity (Wildman–Crippen MR) is 143 cm³/mol.